The Bertz CT molecular complexity index is 1090. The zero-order chi connectivity index (χ0) is 17.6. The third-order valence-electron chi connectivity index (χ3n) is 7.15. The van der Waals surface area contributed by atoms with Gasteiger partial charge in [0.25, 0.3) is 0 Å². The first-order chi connectivity index (χ1) is 11.8. The van der Waals surface area contributed by atoms with E-state index in [2.05, 4.69) is 25.8 Å². The number of pyridine rings is 1. The first-order valence-electron chi connectivity index (χ1n) is 8.63. The summed E-state index contributed by atoms with van der Waals surface area (Å²) < 4.78 is 0. The van der Waals surface area contributed by atoms with Gasteiger partial charge in [0.15, 0.2) is 0 Å². The van der Waals surface area contributed by atoms with Gasteiger partial charge in [0.05, 0.1) is 27.9 Å². The van der Waals surface area contributed by atoms with Crippen LogP contribution in [0.2, 0.25) is 0 Å². The maximum absolute atomic E-state index is 12.4. The van der Waals surface area contributed by atoms with E-state index in [0.29, 0.717) is 12.1 Å². The summed E-state index contributed by atoms with van der Waals surface area (Å²) in [5.74, 6) is -0.785. The third-order valence-corrected chi connectivity index (χ3v) is 7.15. The molecule has 2 heterocycles. The lowest BCUT2D eigenvalue weighted by molar-refractivity contribution is -0.148. The van der Waals surface area contributed by atoms with Gasteiger partial charge >= 0.3 is 5.97 Å². The summed E-state index contributed by atoms with van der Waals surface area (Å²) in [6.45, 7) is 6.26. The summed E-state index contributed by atoms with van der Waals surface area (Å²) in [7, 11) is 0. The van der Waals surface area contributed by atoms with E-state index in [4.69, 9.17) is 9.97 Å². The van der Waals surface area contributed by atoms with E-state index in [-0.39, 0.29) is 5.41 Å². The molecule has 0 aliphatic heterocycles. The number of carboxylic acid groups (broad SMARTS) is 1. The van der Waals surface area contributed by atoms with Crippen LogP contribution in [0.1, 0.15) is 45.0 Å². The van der Waals surface area contributed by atoms with Gasteiger partial charge in [-0.2, -0.15) is 0 Å². The molecule has 1 fully saturated rings. The largest absolute Gasteiger partial charge is 0.481 e. The van der Waals surface area contributed by atoms with Gasteiger partial charge in [0.1, 0.15) is 5.41 Å². The summed E-state index contributed by atoms with van der Waals surface area (Å²) in [4.78, 5) is 26.7. The lowest BCUT2D eigenvalue weighted by atomic mass is 9.64. The monoisotopic (exact) mass is 333 g/mol. The van der Waals surface area contributed by atoms with E-state index in [0.717, 1.165) is 34.1 Å². The highest BCUT2D eigenvalue weighted by atomic mass is 16.4. The SMILES string of the molecule is CC1(C)[C@@]2(C)CC[C@@]1(C(=O)O)c1nc3c(ccc4ncccc43)nc12. The third kappa shape index (κ3) is 1.39. The molecule has 1 N–H and O–H groups in total. The fourth-order valence-electron chi connectivity index (χ4n) is 5.19. The molecule has 1 aromatic carbocycles. The Balaban J connectivity index is 1.95. The van der Waals surface area contributed by atoms with Crippen molar-refractivity contribution in [2.45, 2.75) is 44.4 Å². The molecule has 2 atom stereocenters. The molecule has 0 radical (unpaired) electrons. The zero-order valence-electron chi connectivity index (χ0n) is 14.5. The first kappa shape index (κ1) is 14.8. The molecule has 5 rings (SSSR count). The average molecular weight is 333 g/mol. The van der Waals surface area contributed by atoms with Crippen LogP contribution in [0.3, 0.4) is 0 Å². The Labute approximate surface area is 145 Å². The standard InChI is InChI=1S/C20H19N3O2/c1-18(2)19(3)8-9-20(18,17(24)25)16-15(19)22-13-7-6-12-11(14(13)23-16)5-4-10-21-12/h4-7,10H,8-9H2,1-3H3,(H,24,25)/t19-,20-/m0/s1. The maximum atomic E-state index is 12.4. The number of carboxylic acids is 1. The second-order valence-corrected chi connectivity index (χ2v) is 8.09. The van der Waals surface area contributed by atoms with Gasteiger partial charge in [-0.05, 0) is 42.5 Å². The lowest BCUT2D eigenvalue weighted by Crippen LogP contribution is -2.45. The van der Waals surface area contributed by atoms with Gasteiger partial charge in [-0.15, -0.1) is 0 Å². The number of aliphatic carboxylic acids is 1. The first-order valence-corrected chi connectivity index (χ1v) is 8.63. The minimum atomic E-state index is -0.970. The molecule has 5 heteroatoms. The van der Waals surface area contributed by atoms with E-state index in [9.17, 15) is 9.90 Å². The minimum Gasteiger partial charge on any atom is -0.481 e. The molecule has 126 valence electrons. The van der Waals surface area contributed by atoms with Crippen LogP contribution >= 0.6 is 0 Å². The molecule has 2 aliphatic rings. The number of fused-ring (bicyclic) bond motifs is 8. The van der Waals surface area contributed by atoms with Crippen LogP contribution in [0.5, 0.6) is 0 Å². The van der Waals surface area contributed by atoms with Gasteiger partial charge < -0.3 is 5.11 Å². The summed E-state index contributed by atoms with van der Waals surface area (Å²) in [6.07, 6.45) is 3.19. The van der Waals surface area contributed by atoms with Crippen molar-refractivity contribution in [3.63, 3.8) is 0 Å². The fraction of sp³-hybridized carbons (Fsp3) is 0.400. The molecule has 0 saturated heterocycles. The normalized spacial score (nSPS) is 29.2. The second kappa shape index (κ2) is 4.15. The number of nitrogens with zero attached hydrogens (tertiary/aromatic N) is 3. The molecule has 0 unspecified atom stereocenters. The van der Waals surface area contributed by atoms with Crippen LogP contribution in [0.25, 0.3) is 21.9 Å². The van der Waals surface area contributed by atoms with E-state index >= 15 is 0 Å². The van der Waals surface area contributed by atoms with Crippen molar-refractivity contribution < 1.29 is 9.90 Å². The molecule has 0 amide bonds. The number of hydrogen-bond donors (Lipinski definition) is 1. The molecule has 2 aliphatic carbocycles. The quantitative estimate of drug-likeness (QED) is 0.689. The van der Waals surface area contributed by atoms with Crippen molar-refractivity contribution >= 4 is 27.9 Å². The van der Waals surface area contributed by atoms with Gasteiger partial charge in [-0.3, -0.25) is 9.78 Å². The predicted octanol–water partition coefficient (Wildman–Crippen LogP) is 3.59. The number of carbonyl (C=O) groups is 1. The Kier molecular flexibility index (Phi) is 2.45. The Morgan fingerprint density at radius 3 is 2.56 bits per heavy atom. The van der Waals surface area contributed by atoms with Crippen LogP contribution in [-0.2, 0) is 15.6 Å². The van der Waals surface area contributed by atoms with Crippen molar-refractivity contribution in [1.82, 2.24) is 15.0 Å². The molecular weight excluding hydrogens is 314 g/mol. The van der Waals surface area contributed by atoms with Crippen LogP contribution in [0.15, 0.2) is 30.5 Å². The number of hydrogen-bond acceptors (Lipinski definition) is 4. The summed E-state index contributed by atoms with van der Waals surface area (Å²) in [5.41, 5.74) is 2.25. The van der Waals surface area contributed by atoms with Crippen LogP contribution in [-0.4, -0.2) is 26.0 Å². The lowest BCUT2D eigenvalue weighted by Gasteiger charge is -2.37. The van der Waals surface area contributed by atoms with E-state index in [1.807, 2.05) is 24.3 Å². The zero-order valence-corrected chi connectivity index (χ0v) is 14.5. The highest BCUT2D eigenvalue weighted by Crippen LogP contribution is 2.70. The number of rotatable bonds is 1. The minimum absolute atomic E-state index is 0.272. The molecule has 2 bridgehead atoms. The molecule has 1 saturated carbocycles. The molecule has 5 nitrogen and oxygen atoms in total. The van der Waals surface area contributed by atoms with Gasteiger partial charge in [0, 0.05) is 17.0 Å². The van der Waals surface area contributed by atoms with Crippen molar-refractivity contribution in [2.75, 3.05) is 0 Å². The van der Waals surface area contributed by atoms with Crippen molar-refractivity contribution in [3.05, 3.63) is 41.9 Å². The Morgan fingerprint density at radius 2 is 1.80 bits per heavy atom. The summed E-state index contributed by atoms with van der Waals surface area (Å²) in [5, 5.41) is 11.1. The van der Waals surface area contributed by atoms with Crippen LogP contribution < -0.4 is 0 Å². The fourth-order valence-corrected chi connectivity index (χ4v) is 5.19. The van der Waals surface area contributed by atoms with Gasteiger partial charge in [-0.1, -0.05) is 20.8 Å². The highest BCUT2D eigenvalue weighted by molar-refractivity contribution is 6.02. The Hall–Kier alpha value is -2.56. The van der Waals surface area contributed by atoms with Gasteiger partial charge in [-0.25, -0.2) is 9.97 Å². The maximum Gasteiger partial charge on any atom is 0.316 e. The molecule has 2 aromatic heterocycles. The van der Waals surface area contributed by atoms with Crippen LogP contribution in [0.4, 0.5) is 0 Å². The molecule has 0 spiro atoms. The number of benzene rings is 1. The summed E-state index contributed by atoms with van der Waals surface area (Å²) in [6, 6.07) is 7.74. The topological polar surface area (TPSA) is 76.0 Å². The second-order valence-electron chi connectivity index (χ2n) is 8.09. The molecule has 3 aromatic rings. The van der Waals surface area contributed by atoms with Gasteiger partial charge in [0.2, 0.25) is 0 Å². The average Bonchev–Trinajstić information content (AvgIpc) is 2.89. The predicted molar refractivity (Wildman–Crippen MR) is 94.5 cm³/mol. The van der Waals surface area contributed by atoms with Crippen molar-refractivity contribution in [3.8, 4) is 0 Å². The molecular formula is C20H19N3O2. The summed E-state index contributed by atoms with van der Waals surface area (Å²) >= 11 is 0. The van der Waals surface area contributed by atoms with Crippen LogP contribution in [0, 0.1) is 5.41 Å². The van der Waals surface area contributed by atoms with Crippen molar-refractivity contribution in [2.24, 2.45) is 5.41 Å². The Morgan fingerprint density at radius 1 is 1.04 bits per heavy atom. The molecule has 25 heavy (non-hydrogen) atoms. The van der Waals surface area contributed by atoms with E-state index in [1.54, 1.807) is 6.20 Å². The van der Waals surface area contributed by atoms with E-state index < -0.39 is 16.8 Å². The smallest absolute Gasteiger partial charge is 0.316 e. The highest BCUT2D eigenvalue weighted by Gasteiger charge is 2.73. The van der Waals surface area contributed by atoms with Crippen molar-refractivity contribution in [1.29, 1.82) is 0 Å². The number of aromatic nitrogens is 3. The van der Waals surface area contributed by atoms with E-state index in [1.165, 1.54) is 0 Å².